The number of esters is 1. The molecule has 0 aliphatic rings. The summed E-state index contributed by atoms with van der Waals surface area (Å²) in [6, 6.07) is -0.627. The molecule has 0 aliphatic heterocycles. The second kappa shape index (κ2) is 75.0. The van der Waals surface area contributed by atoms with Gasteiger partial charge in [0.05, 0.1) is 25.4 Å². The number of carbonyl (C=O) groups excluding carboxylic acids is 2. The Hall–Kier alpha value is -2.44. The van der Waals surface area contributed by atoms with E-state index in [1.165, 1.54) is 327 Å². The van der Waals surface area contributed by atoms with Crippen molar-refractivity contribution in [1.82, 2.24) is 5.32 Å². The van der Waals surface area contributed by atoms with Crippen LogP contribution >= 0.6 is 0 Å². The van der Waals surface area contributed by atoms with E-state index in [1.54, 1.807) is 6.08 Å². The van der Waals surface area contributed by atoms with Crippen molar-refractivity contribution in [2.45, 2.75) is 424 Å². The highest BCUT2D eigenvalue weighted by Gasteiger charge is 2.18. The van der Waals surface area contributed by atoms with E-state index in [9.17, 15) is 19.8 Å². The molecule has 0 fully saturated rings. The maximum Gasteiger partial charge on any atom is 0.305 e. The Labute approximate surface area is 537 Å². The first-order valence-electron chi connectivity index (χ1n) is 38.6. The van der Waals surface area contributed by atoms with Crippen LogP contribution in [-0.4, -0.2) is 47.4 Å². The number of allylic oxidation sites excluding steroid dienone is 9. The third-order valence-corrected chi connectivity index (χ3v) is 17.8. The molecular weight excluding hydrogens is 1050 g/mol. The van der Waals surface area contributed by atoms with Crippen molar-refractivity contribution in [3.05, 3.63) is 60.8 Å². The quantitative estimate of drug-likeness (QED) is 0.0320. The summed E-state index contributed by atoms with van der Waals surface area (Å²) in [7, 11) is 0. The first-order chi connectivity index (χ1) is 42.5. The second-order valence-corrected chi connectivity index (χ2v) is 26.3. The van der Waals surface area contributed by atoms with Crippen LogP contribution in [0.25, 0.3) is 0 Å². The van der Waals surface area contributed by atoms with E-state index >= 15 is 0 Å². The van der Waals surface area contributed by atoms with Crippen molar-refractivity contribution in [3.63, 3.8) is 0 Å². The summed E-state index contributed by atoms with van der Waals surface area (Å²) in [6.45, 7) is 4.89. The van der Waals surface area contributed by atoms with Gasteiger partial charge >= 0.3 is 5.97 Å². The van der Waals surface area contributed by atoms with Crippen LogP contribution in [0.2, 0.25) is 0 Å². The molecule has 0 saturated carbocycles. The van der Waals surface area contributed by atoms with E-state index in [-0.39, 0.29) is 18.5 Å². The van der Waals surface area contributed by atoms with Gasteiger partial charge in [-0.05, 0) is 89.9 Å². The highest BCUT2D eigenvalue weighted by atomic mass is 16.5. The standard InChI is InChI=1S/C80H149NO5/c1-3-5-7-9-11-13-15-17-19-20-42-45-48-52-56-60-64-68-72-78(83)77(76-82)81-79(84)73-69-65-61-57-53-49-46-43-40-38-36-34-32-30-28-26-24-22-21-23-25-27-29-31-33-35-37-39-41-44-47-51-55-59-63-67-71-75-86-80(85)74-70-66-62-58-54-50-18-16-14-12-10-8-6-4-2/h10,12,16,18,21,23,27,29,68,72,77-78,82-83H,3-9,11,13-15,17,19-20,22,24-26,28,30-67,69-71,73-76H2,1-2H3,(H,81,84)/b12-10-,18-16-,23-21-,29-27-,72-68+. The number of aliphatic hydroxyl groups excluding tert-OH is 2. The first kappa shape index (κ1) is 83.6. The molecule has 86 heavy (non-hydrogen) atoms. The Balaban J connectivity index is 3.39. The topological polar surface area (TPSA) is 95.9 Å². The van der Waals surface area contributed by atoms with Crippen molar-refractivity contribution >= 4 is 11.9 Å². The van der Waals surface area contributed by atoms with Gasteiger partial charge in [0.2, 0.25) is 5.91 Å². The zero-order chi connectivity index (χ0) is 62.0. The van der Waals surface area contributed by atoms with Crippen LogP contribution in [-0.2, 0) is 14.3 Å². The van der Waals surface area contributed by atoms with Gasteiger partial charge in [0.1, 0.15) is 0 Å². The normalized spacial score (nSPS) is 12.8. The van der Waals surface area contributed by atoms with Gasteiger partial charge in [-0.15, -0.1) is 0 Å². The molecule has 6 heteroatoms. The van der Waals surface area contributed by atoms with E-state index in [0.717, 1.165) is 57.8 Å². The van der Waals surface area contributed by atoms with Gasteiger partial charge in [-0.2, -0.15) is 0 Å². The zero-order valence-electron chi connectivity index (χ0n) is 57.8. The number of aliphatic hydroxyl groups is 2. The number of amides is 1. The third kappa shape index (κ3) is 70.6. The number of hydrogen-bond donors (Lipinski definition) is 3. The third-order valence-electron chi connectivity index (χ3n) is 17.8. The average molecular weight is 1210 g/mol. The zero-order valence-corrected chi connectivity index (χ0v) is 57.8. The van der Waals surface area contributed by atoms with Crippen LogP contribution in [0.15, 0.2) is 60.8 Å². The minimum absolute atomic E-state index is 0.00387. The molecule has 504 valence electrons. The van der Waals surface area contributed by atoms with Crippen molar-refractivity contribution < 1.29 is 24.5 Å². The number of ether oxygens (including phenoxy) is 1. The molecule has 0 radical (unpaired) electrons. The van der Waals surface area contributed by atoms with Gasteiger partial charge in [0.25, 0.3) is 0 Å². The van der Waals surface area contributed by atoms with Gasteiger partial charge in [-0.1, -0.05) is 370 Å². The van der Waals surface area contributed by atoms with Gasteiger partial charge in [-0.25, -0.2) is 0 Å². The van der Waals surface area contributed by atoms with Gasteiger partial charge < -0.3 is 20.3 Å². The fraction of sp³-hybridized carbons (Fsp3) is 0.850. The van der Waals surface area contributed by atoms with Crippen molar-refractivity contribution in [1.29, 1.82) is 0 Å². The van der Waals surface area contributed by atoms with E-state index in [2.05, 4.69) is 67.8 Å². The van der Waals surface area contributed by atoms with Crippen molar-refractivity contribution in [2.75, 3.05) is 13.2 Å². The smallest absolute Gasteiger partial charge is 0.305 e. The molecule has 0 aromatic carbocycles. The number of unbranched alkanes of at least 4 members (excludes halogenated alkanes) is 53. The summed E-state index contributed by atoms with van der Waals surface area (Å²) < 4.78 is 5.48. The van der Waals surface area contributed by atoms with Crippen LogP contribution in [0.1, 0.15) is 412 Å². The predicted octanol–water partition coefficient (Wildman–Crippen LogP) is 25.4. The molecule has 3 N–H and O–H groups in total. The Morgan fingerprint density at radius 3 is 0.919 bits per heavy atom. The summed E-state index contributed by atoms with van der Waals surface area (Å²) in [5.74, 6) is -0.0584. The van der Waals surface area contributed by atoms with Gasteiger partial charge in [-0.3, -0.25) is 9.59 Å². The minimum Gasteiger partial charge on any atom is -0.466 e. The summed E-state index contributed by atoms with van der Waals surface area (Å²) in [5.41, 5.74) is 0. The molecule has 0 aromatic rings. The van der Waals surface area contributed by atoms with Crippen LogP contribution in [0.4, 0.5) is 0 Å². The second-order valence-electron chi connectivity index (χ2n) is 26.3. The lowest BCUT2D eigenvalue weighted by atomic mass is 10.0. The van der Waals surface area contributed by atoms with Crippen LogP contribution in [0, 0.1) is 0 Å². The molecule has 0 aromatic heterocycles. The molecule has 0 saturated heterocycles. The SMILES string of the molecule is CCCC/C=C\C/C=C\CCCCCCCC(=O)OCCCCCCCCCCCCCCC/C=C\C/C=C\CCCCCCCCCCCCCCCCCCCC(=O)NC(CO)C(O)/C=C/CCCCCCCCCCCCCCCCCC. The number of rotatable bonds is 72. The van der Waals surface area contributed by atoms with Crippen LogP contribution in [0.5, 0.6) is 0 Å². The molecule has 0 aliphatic carbocycles. The average Bonchev–Trinajstić information content (AvgIpc) is 3.55. The Bertz CT molecular complexity index is 1480. The Morgan fingerprint density at radius 1 is 0.326 bits per heavy atom. The Kier molecular flexibility index (Phi) is 72.9. The lowest BCUT2D eigenvalue weighted by Crippen LogP contribution is -2.45. The monoisotopic (exact) mass is 1200 g/mol. The lowest BCUT2D eigenvalue weighted by molar-refractivity contribution is -0.143. The summed E-state index contributed by atoms with van der Waals surface area (Å²) >= 11 is 0. The van der Waals surface area contributed by atoms with Gasteiger partial charge in [0.15, 0.2) is 0 Å². The van der Waals surface area contributed by atoms with Crippen molar-refractivity contribution in [2.24, 2.45) is 0 Å². The summed E-state index contributed by atoms with van der Waals surface area (Å²) in [4.78, 5) is 24.6. The molecule has 2 atom stereocenters. The van der Waals surface area contributed by atoms with Crippen LogP contribution < -0.4 is 5.32 Å². The largest absolute Gasteiger partial charge is 0.466 e. The molecule has 2 unspecified atom stereocenters. The fourth-order valence-corrected chi connectivity index (χ4v) is 11.9. The predicted molar refractivity (Wildman–Crippen MR) is 379 cm³/mol. The van der Waals surface area contributed by atoms with E-state index in [1.807, 2.05) is 6.08 Å². The summed E-state index contributed by atoms with van der Waals surface area (Å²) in [6.07, 6.45) is 100. The molecule has 0 heterocycles. The Morgan fingerprint density at radius 2 is 0.593 bits per heavy atom. The number of nitrogens with one attached hydrogen (secondary N) is 1. The van der Waals surface area contributed by atoms with Crippen LogP contribution in [0.3, 0.4) is 0 Å². The molecular formula is C80H149NO5. The van der Waals surface area contributed by atoms with E-state index in [0.29, 0.717) is 19.4 Å². The fourth-order valence-electron chi connectivity index (χ4n) is 11.9. The maximum atomic E-state index is 12.5. The highest BCUT2D eigenvalue weighted by molar-refractivity contribution is 5.76. The molecule has 0 rings (SSSR count). The van der Waals surface area contributed by atoms with Crippen molar-refractivity contribution in [3.8, 4) is 0 Å². The maximum absolute atomic E-state index is 12.5. The summed E-state index contributed by atoms with van der Waals surface area (Å²) in [5, 5.41) is 23.2. The highest BCUT2D eigenvalue weighted by Crippen LogP contribution is 2.19. The number of hydrogen-bond acceptors (Lipinski definition) is 5. The molecule has 0 spiro atoms. The van der Waals surface area contributed by atoms with E-state index < -0.39 is 12.1 Å². The van der Waals surface area contributed by atoms with Gasteiger partial charge in [0, 0.05) is 12.8 Å². The minimum atomic E-state index is -0.844. The molecule has 0 bridgehead atoms. The van der Waals surface area contributed by atoms with E-state index in [4.69, 9.17) is 4.74 Å². The lowest BCUT2D eigenvalue weighted by Gasteiger charge is -2.20. The first-order valence-corrected chi connectivity index (χ1v) is 38.6. The number of carbonyl (C=O) groups is 2. The molecule has 1 amide bonds. The molecule has 6 nitrogen and oxygen atoms in total.